The number of aromatic amines is 1. The molecule has 2 heterocycles. The van der Waals surface area contributed by atoms with E-state index in [1.807, 2.05) is 6.07 Å². The van der Waals surface area contributed by atoms with E-state index in [2.05, 4.69) is 4.98 Å². The van der Waals surface area contributed by atoms with Gasteiger partial charge in [0.2, 0.25) is 5.78 Å². The van der Waals surface area contributed by atoms with Gasteiger partial charge in [0.15, 0.2) is 11.5 Å². The third-order valence-corrected chi connectivity index (χ3v) is 4.37. The Labute approximate surface area is 154 Å². The Morgan fingerprint density at radius 1 is 1.15 bits per heavy atom. The standard InChI is InChI=1S/C20H13ClN2O3/c21-14-2-3-15-16(11-23-17(15)9-14)20(24)13(10-22)7-12-1-4-18-19(8-12)26-6-5-25-18/h1-4,7-9,11,23H,5-6H2/b13-7+. The molecule has 2 aromatic carbocycles. The predicted molar refractivity (Wildman–Crippen MR) is 98.7 cm³/mol. The number of halogens is 1. The zero-order valence-corrected chi connectivity index (χ0v) is 14.3. The zero-order chi connectivity index (χ0) is 18.1. The number of nitrogens with zero attached hydrogens (tertiary/aromatic N) is 1. The van der Waals surface area contributed by atoms with Crippen LogP contribution in [0.5, 0.6) is 11.5 Å². The van der Waals surface area contributed by atoms with E-state index in [0.29, 0.717) is 40.9 Å². The van der Waals surface area contributed by atoms with E-state index in [1.54, 1.807) is 48.7 Å². The number of Topliss-reactive ketones (excluding diaryl/α,β-unsaturated/α-hetero) is 1. The summed E-state index contributed by atoms with van der Waals surface area (Å²) in [6.07, 6.45) is 3.15. The SMILES string of the molecule is N#C/C(=C\c1ccc2c(c1)OCCO2)C(=O)c1c[nH]c2cc(Cl)ccc12. The Hall–Kier alpha value is -3.23. The number of ether oxygens (including phenoxy) is 2. The molecule has 0 unspecified atom stereocenters. The van der Waals surface area contributed by atoms with Crippen LogP contribution in [0.15, 0.2) is 48.2 Å². The number of rotatable bonds is 3. The first kappa shape index (κ1) is 16.2. The van der Waals surface area contributed by atoms with Gasteiger partial charge >= 0.3 is 0 Å². The van der Waals surface area contributed by atoms with Crippen molar-refractivity contribution in [3.63, 3.8) is 0 Å². The molecule has 0 spiro atoms. The highest BCUT2D eigenvalue weighted by atomic mass is 35.5. The van der Waals surface area contributed by atoms with Crippen molar-refractivity contribution in [3.05, 3.63) is 64.3 Å². The number of aromatic nitrogens is 1. The van der Waals surface area contributed by atoms with Crippen LogP contribution >= 0.6 is 11.6 Å². The van der Waals surface area contributed by atoms with Crippen LogP contribution in [0.2, 0.25) is 5.02 Å². The monoisotopic (exact) mass is 364 g/mol. The Morgan fingerprint density at radius 2 is 1.96 bits per heavy atom. The van der Waals surface area contributed by atoms with Crippen molar-refractivity contribution in [1.29, 1.82) is 5.26 Å². The van der Waals surface area contributed by atoms with Crippen LogP contribution in [0.4, 0.5) is 0 Å². The number of ketones is 1. The maximum atomic E-state index is 12.8. The number of fused-ring (bicyclic) bond motifs is 2. The van der Waals surface area contributed by atoms with Crippen molar-refractivity contribution < 1.29 is 14.3 Å². The van der Waals surface area contributed by atoms with Gasteiger partial charge in [0.1, 0.15) is 24.9 Å². The van der Waals surface area contributed by atoms with E-state index in [4.69, 9.17) is 21.1 Å². The zero-order valence-electron chi connectivity index (χ0n) is 13.6. The highest BCUT2D eigenvalue weighted by molar-refractivity contribution is 6.31. The molecule has 6 heteroatoms. The van der Waals surface area contributed by atoms with Crippen molar-refractivity contribution in [3.8, 4) is 17.6 Å². The van der Waals surface area contributed by atoms with Gasteiger partial charge < -0.3 is 14.5 Å². The van der Waals surface area contributed by atoms with Crippen molar-refractivity contribution in [1.82, 2.24) is 4.98 Å². The number of carbonyl (C=O) groups is 1. The maximum absolute atomic E-state index is 12.8. The van der Waals surface area contributed by atoms with Gasteiger partial charge in [-0.2, -0.15) is 5.26 Å². The first-order valence-electron chi connectivity index (χ1n) is 7.98. The van der Waals surface area contributed by atoms with Crippen LogP contribution in [0.25, 0.3) is 17.0 Å². The lowest BCUT2D eigenvalue weighted by molar-refractivity contribution is 0.104. The van der Waals surface area contributed by atoms with Gasteiger partial charge in [0.05, 0.1) is 0 Å². The third kappa shape index (κ3) is 2.92. The average Bonchev–Trinajstić information content (AvgIpc) is 3.08. The smallest absolute Gasteiger partial charge is 0.205 e. The molecular weight excluding hydrogens is 352 g/mol. The topological polar surface area (TPSA) is 75.1 Å². The fourth-order valence-electron chi connectivity index (χ4n) is 2.90. The van der Waals surface area contributed by atoms with E-state index >= 15 is 0 Å². The van der Waals surface area contributed by atoms with E-state index < -0.39 is 0 Å². The van der Waals surface area contributed by atoms with Crippen LogP contribution in [-0.2, 0) is 0 Å². The summed E-state index contributed by atoms with van der Waals surface area (Å²) in [5.74, 6) is 0.916. The molecule has 0 atom stereocenters. The third-order valence-electron chi connectivity index (χ3n) is 4.13. The molecule has 1 aliphatic heterocycles. The molecule has 0 fully saturated rings. The van der Waals surface area contributed by atoms with Gasteiger partial charge in [0, 0.05) is 27.7 Å². The van der Waals surface area contributed by atoms with E-state index in [-0.39, 0.29) is 11.4 Å². The molecule has 1 aromatic heterocycles. The number of H-pyrrole nitrogens is 1. The summed E-state index contributed by atoms with van der Waals surface area (Å²) < 4.78 is 11.0. The summed E-state index contributed by atoms with van der Waals surface area (Å²) in [4.78, 5) is 15.8. The second-order valence-electron chi connectivity index (χ2n) is 5.79. The summed E-state index contributed by atoms with van der Waals surface area (Å²) >= 11 is 5.97. The molecule has 3 aromatic rings. The molecule has 5 nitrogen and oxygen atoms in total. The predicted octanol–water partition coefficient (Wildman–Crippen LogP) is 4.38. The van der Waals surface area contributed by atoms with Crippen LogP contribution < -0.4 is 9.47 Å². The lowest BCUT2D eigenvalue weighted by Gasteiger charge is -2.18. The average molecular weight is 365 g/mol. The van der Waals surface area contributed by atoms with Crippen molar-refractivity contribution in [2.75, 3.05) is 13.2 Å². The van der Waals surface area contributed by atoms with E-state index in [9.17, 15) is 10.1 Å². The summed E-state index contributed by atoms with van der Waals surface area (Å²) in [5.41, 5.74) is 1.92. The summed E-state index contributed by atoms with van der Waals surface area (Å²) in [7, 11) is 0. The molecule has 1 aliphatic rings. The number of hydrogen-bond acceptors (Lipinski definition) is 4. The minimum atomic E-state index is -0.351. The van der Waals surface area contributed by atoms with Gasteiger partial charge in [-0.1, -0.05) is 23.7 Å². The Kier molecular flexibility index (Phi) is 4.11. The minimum Gasteiger partial charge on any atom is -0.486 e. The first-order valence-corrected chi connectivity index (χ1v) is 8.36. The molecular formula is C20H13ClN2O3. The van der Waals surface area contributed by atoms with Gasteiger partial charge in [-0.05, 0) is 35.9 Å². The number of allylic oxidation sites excluding steroid dienone is 1. The van der Waals surface area contributed by atoms with Gasteiger partial charge in [-0.15, -0.1) is 0 Å². The first-order chi connectivity index (χ1) is 12.7. The van der Waals surface area contributed by atoms with Crippen LogP contribution in [0.3, 0.4) is 0 Å². The second kappa shape index (κ2) is 6.58. The summed E-state index contributed by atoms with van der Waals surface area (Å²) in [6.45, 7) is 0.983. The molecule has 0 amide bonds. The van der Waals surface area contributed by atoms with Crippen LogP contribution in [0, 0.1) is 11.3 Å². The van der Waals surface area contributed by atoms with Gasteiger partial charge in [-0.25, -0.2) is 0 Å². The Balaban J connectivity index is 1.71. The highest BCUT2D eigenvalue weighted by Crippen LogP contribution is 2.32. The molecule has 0 aliphatic carbocycles. The number of benzene rings is 2. The summed E-state index contributed by atoms with van der Waals surface area (Å²) in [5, 5.41) is 10.8. The van der Waals surface area contributed by atoms with Crippen molar-refractivity contribution >= 4 is 34.4 Å². The fraction of sp³-hybridized carbons (Fsp3) is 0.100. The quantitative estimate of drug-likeness (QED) is 0.425. The Bertz CT molecular complexity index is 1090. The molecule has 0 radical (unpaired) electrons. The van der Waals surface area contributed by atoms with E-state index in [1.165, 1.54) is 0 Å². The number of nitrogens with one attached hydrogen (secondary N) is 1. The molecule has 0 saturated heterocycles. The molecule has 128 valence electrons. The van der Waals surface area contributed by atoms with Crippen LogP contribution in [-0.4, -0.2) is 24.0 Å². The molecule has 0 saturated carbocycles. The van der Waals surface area contributed by atoms with Crippen LogP contribution in [0.1, 0.15) is 15.9 Å². The van der Waals surface area contributed by atoms with Crippen molar-refractivity contribution in [2.24, 2.45) is 0 Å². The molecule has 0 bridgehead atoms. The number of carbonyl (C=O) groups excluding carboxylic acids is 1. The molecule has 4 rings (SSSR count). The van der Waals surface area contributed by atoms with Gasteiger partial charge in [0.25, 0.3) is 0 Å². The largest absolute Gasteiger partial charge is 0.486 e. The molecule has 26 heavy (non-hydrogen) atoms. The number of hydrogen-bond donors (Lipinski definition) is 1. The maximum Gasteiger partial charge on any atom is 0.205 e. The van der Waals surface area contributed by atoms with E-state index in [0.717, 1.165) is 10.9 Å². The lowest BCUT2D eigenvalue weighted by Crippen LogP contribution is -2.15. The number of nitriles is 1. The normalized spacial score (nSPS) is 13.5. The lowest BCUT2D eigenvalue weighted by atomic mass is 10.0. The fourth-order valence-corrected chi connectivity index (χ4v) is 3.07. The Morgan fingerprint density at radius 3 is 2.77 bits per heavy atom. The highest BCUT2D eigenvalue weighted by Gasteiger charge is 2.18. The minimum absolute atomic E-state index is 0.0394. The van der Waals surface area contributed by atoms with Gasteiger partial charge in [-0.3, -0.25) is 4.79 Å². The summed E-state index contributed by atoms with van der Waals surface area (Å²) in [6, 6.07) is 12.5. The molecule has 1 N–H and O–H groups in total. The van der Waals surface area contributed by atoms with Crippen molar-refractivity contribution in [2.45, 2.75) is 0 Å². The second-order valence-corrected chi connectivity index (χ2v) is 6.23.